The van der Waals surface area contributed by atoms with Gasteiger partial charge in [-0.15, -0.1) is 0 Å². The van der Waals surface area contributed by atoms with Gasteiger partial charge >= 0.3 is 0 Å². The molecular weight excluding hydrogens is 352 g/mol. The highest BCUT2D eigenvalue weighted by Gasteiger charge is 2.13. The van der Waals surface area contributed by atoms with Crippen LogP contribution in [0.25, 0.3) is 11.4 Å². The summed E-state index contributed by atoms with van der Waals surface area (Å²) in [4.78, 5) is 35.7. The van der Waals surface area contributed by atoms with E-state index in [9.17, 15) is 9.59 Å². The second kappa shape index (κ2) is 7.93. The lowest BCUT2D eigenvalue weighted by Crippen LogP contribution is -2.28. The second-order valence-electron chi connectivity index (χ2n) is 5.80. The van der Waals surface area contributed by atoms with E-state index in [1.54, 1.807) is 37.5 Å². The Morgan fingerprint density at radius 1 is 1.27 bits per heavy atom. The normalized spacial score (nSPS) is 10.5. The number of hydrogen-bond donors (Lipinski definition) is 2. The molecule has 132 valence electrons. The molecule has 6 nitrogen and oxygen atoms in total. The topological polar surface area (TPSA) is 87.7 Å². The highest BCUT2D eigenvalue weighted by atomic mass is 35.5. The van der Waals surface area contributed by atoms with E-state index in [2.05, 4.69) is 20.3 Å². The Labute approximate surface area is 155 Å². The lowest BCUT2D eigenvalue weighted by Gasteiger charge is -2.08. The number of nitrogens with zero attached hydrogens (tertiary/aromatic N) is 2. The van der Waals surface area contributed by atoms with Gasteiger partial charge in [0.05, 0.1) is 6.42 Å². The van der Waals surface area contributed by atoms with Crippen LogP contribution in [0.5, 0.6) is 0 Å². The van der Waals surface area contributed by atoms with Crippen molar-refractivity contribution in [2.24, 2.45) is 0 Å². The van der Waals surface area contributed by atoms with Crippen LogP contribution in [0.15, 0.2) is 53.6 Å². The number of H-pyrrole nitrogens is 1. The number of amides is 1. The fraction of sp³-hybridized carbons (Fsp3) is 0.158. The van der Waals surface area contributed by atoms with Crippen molar-refractivity contribution in [1.29, 1.82) is 0 Å². The Morgan fingerprint density at radius 2 is 2.12 bits per heavy atom. The van der Waals surface area contributed by atoms with Gasteiger partial charge in [-0.3, -0.25) is 14.6 Å². The predicted molar refractivity (Wildman–Crippen MR) is 99.8 cm³/mol. The number of halogens is 1. The minimum absolute atomic E-state index is 0.0396. The molecule has 0 spiro atoms. The summed E-state index contributed by atoms with van der Waals surface area (Å²) in [7, 11) is 0. The van der Waals surface area contributed by atoms with Gasteiger partial charge in [0, 0.05) is 40.8 Å². The van der Waals surface area contributed by atoms with Gasteiger partial charge < -0.3 is 10.3 Å². The molecule has 2 N–H and O–H groups in total. The minimum Gasteiger partial charge on any atom is -0.352 e. The zero-order valence-corrected chi connectivity index (χ0v) is 14.9. The van der Waals surface area contributed by atoms with Gasteiger partial charge in [0.2, 0.25) is 5.91 Å². The van der Waals surface area contributed by atoms with Crippen molar-refractivity contribution >= 4 is 17.5 Å². The van der Waals surface area contributed by atoms with Crippen molar-refractivity contribution in [1.82, 2.24) is 20.3 Å². The first-order valence-corrected chi connectivity index (χ1v) is 8.42. The maximum absolute atomic E-state index is 12.4. The van der Waals surface area contributed by atoms with Gasteiger partial charge in [-0.25, -0.2) is 4.98 Å². The molecule has 3 aromatic rings. The molecule has 0 radical (unpaired) electrons. The van der Waals surface area contributed by atoms with Crippen molar-refractivity contribution in [2.45, 2.75) is 19.9 Å². The number of rotatable bonds is 5. The van der Waals surface area contributed by atoms with Crippen LogP contribution in [0, 0.1) is 6.92 Å². The lowest BCUT2D eigenvalue weighted by molar-refractivity contribution is -0.120. The monoisotopic (exact) mass is 368 g/mol. The number of hydrogen-bond acceptors (Lipinski definition) is 4. The Bertz CT molecular complexity index is 986. The summed E-state index contributed by atoms with van der Waals surface area (Å²) in [5.41, 5.74) is 2.15. The molecule has 0 aliphatic heterocycles. The summed E-state index contributed by atoms with van der Waals surface area (Å²) in [6.07, 6.45) is 3.23. The summed E-state index contributed by atoms with van der Waals surface area (Å²) < 4.78 is 0. The zero-order valence-electron chi connectivity index (χ0n) is 14.1. The van der Waals surface area contributed by atoms with E-state index in [0.717, 1.165) is 5.56 Å². The van der Waals surface area contributed by atoms with E-state index in [4.69, 9.17) is 11.6 Å². The van der Waals surface area contributed by atoms with Crippen molar-refractivity contribution in [3.63, 3.8) is 0 Å². The van der Waals surface area contributed by atoms with Crippen LogP contribution in [-0.4, -0.2) is 20.9 Å². The molecule has 3 rings (SSSR count). The SMILES string of the molecule is Cc1nc(-c2cccnc2)[nH]c(=O)c1CC(=O)NCc1cccc(Cl)c1. The molecule has 0 fully saturated rings. The van der Waals surface area contributed by atoms with Crippen LogP contribution < -0.4 is 10.9 Å². The van der Waals surface area contributed by atoms with E-state index in [1.165, 1.54) is 0 Å². The van der Waals surface area contributed by atoms with Crippen LogP contribution >= 0.6 is 11.6 Å². The number of aromatic amines is 1. The molecule has 26 heavy (non-hydrogen) atoms. The first-order chi connectivity index (χ1) is 12.5. The van der Waals surface area contributed by atoms with Crippen molar-refractivity contribution < 1.29 is 4.79 Å². The molecule has 0 saturated carbocycles. The summed E-state index contributed by atoms with van der Waals surface area (Å²) in [6, 6.07) is 10.8. The maximum Gasteiger partial charge on any atom is 0.255 e. The summed E-state index contributed by atoms with van der Waals surface area (Å²) in [5.74, 6) is 0.179. The third kappa shape index (κ3) is 4.34. The number of carbonyl (C=O) groups excluding carboxylic acids is 1. The van der Waals surface area contributed by atoms with E-state index >= 15 is 0 Å². The van der Waals surface area contributed by atoms with Crippen LogP contribution in [0.3, 0.4) is 0 Å². The Kier molecular flexibility index (Phi) is 5.43. The molecule has 2 aromatic heterocycles. The Hall–Kier alpha value is -2.99. The van der Waals surface area contributed by atoms with Gasteiger partial charge in [0.1, 0.15) is 5.82 Å². The number of pyridine rings is 1. The highest BCUT2D eigenvalue weighted by molar-refractivity contribution is 6.30. The van der Waals surface area contributed by atoms with Gasteiger partial charge in [-0.2, -0.15) is 0 Å². The van der Waals surface area contributed by atoms with Crippen LogP contribution in [0.2, 0.25) is 5.02 Å². The smallest absolute Gasteiger partial charge is 0.255 e. The van der Waals surface area contributed by atoms with Crippen LogP contribution in [0.4, 0.5) is 0 Å². The Morgan fingerprint density at radius 3 is 2.81 bits per heavy atom. The zero-order chi connectivity index (χ0) is 18.5. The van der Waals surface area contributed by atoms with Crippen molar-refractivity contribution in [2.75, 3.05) is 0 Å². The van der Waals surface area contributed by atoms with Crippen LogP contribution in [-0.2, 0) is 17.8 Å². The third-order valence-corrected chi connectivity index (χ3v) is 4.11. The maximum atomic E-state index is 12.4. The number of nitrogens with one attached hydrogen (secondary N) is 2. The molecular formula is C19H17ClN4O2. The summed E-state index contributed by atoms with van der Waals surface area (Å²) in [5, 5.41) is 3.40. The first-order valence-electron chi connectivity index (χ1n) is 8.04. The van der Waals surface area contributed by atoms with E-state index < -0.39 is 0 Å². The fourth-order valence-electron chi connectivity index (χ4n) is 2.53. The molecule has 0 aliphatic carbocycles. The van der Waals surface area contributed by atoms with Gasteiger partial charge in [-0.1, -0.05) is 23.7 Å². The molecule has 0 saturated heterocycles. The van der Waals surface area contributed by atoms with E-state index in [0.29, 0.717) is 34.2 Å². The molecule has 0 unspecified atom stereocenters. The highest BCUT2D eigenvalue weighted by Crippen LogP contribution is 2.13. The number of carbonyl (C=O) groups is 1. The average molecular weight is 369 g/mol. The van der Waals surface area contributed by atoms with E-state index in [-0.39, 0.29) is 17.9 Å². The second-order valence-corrected chi connectivity index (χ2v) is 6.24. The molecule has 1 amide bonds. The number of aryl methyl sites for hydroxylation is 1. The quantitative estimate of drug-likeness (QED) is 0.724. The minimum atomic E-state index is -0.325. The third-order valence-electron chi connectivity index (χ3n) is 3.87. The van der Waals surface area contributed by atoms with E-state index in [1.807, 2.05) is 18.2 Å². The predicted octanol–water partition coefficient (Wildman–Crippen LogP) is 2.65. The van der Waals surface area contributed by atoms with Gasteiger partial charge in [0.25, 0.3) is 5.56 Å². The molecule has 1 aromatic carbocycles. The molecule has 0 aliphatic rings. The summed E-state index contributed by atoms with van der Waals surface area (Å²) in [6.45, 7) is 2.06. The lowest BCUT2D eigenvalue weighted by atomic mass is 10.1. The molecule has 0 atom stereocenters. The Balaban J connectivity index is 1.71. The van der Waals surface area contributed by atoms with Gasteiger partial charge in [-0.05, 0) is 36.8 Å². The number of aromatic nitrogens is 3. The molecule has 0 bridgehead atoms. The number of benzene rings is 1. The summed E-state index contributed by atoms with van der Waals surface area (Å²) >= 11 is 5.93. The van der Waals surface area contributed by atoms with Crippen molar-refractivity contribution in [3.8, 4) is 11.4 Å². The van der Waals surface area contributed by atoms with Gasteiger partial charge in [0.15, 0.2) is 0 Å². The fourth-order valence-corrected chi connectivity index (χ4v) is 2.74. The van der Waals surface area contributed by atoms with Crippen LogP contribution in [0.1, 0.15) is 16.8 Å². The largest absolute Gasteiger partial charge is 0.352 e. The first kappa shape index (κ1) is 17.8. The standard InChI is InChI=1S/C19H17ClN4O2/c1-12-16(9-17(25)22-10-13-4-2-6-15(20)8-13)19(26)24-18(23-12)14-5-3-7-21-11-14/h2-8,11H,9-10H2,1H3,(H,22,25)(H,23,24,26). The molecule has 7 heteroatoms. The average Bonchev–Trinajstić information content (AvgIpc) is 2.63. The van der Waals surface area contributed by atoms with Crippen molar-refractivity contribution in [3.05, 3.63) is 81.0 Å². The molecule has 2 heterocycles.